The molecule has 0 spiro atoms. The third-order valence-corrected chi connectivity index (χ3v) is 6.99. The van der Waals surface area contributed by atoms with Gasteiger partial charge in [-0.2, -0.15) is 0 Å². The molecule has 0 radical (unpaired) electrons. The molecule has 1 saturated carbocycles. The summed E-state index contributed by atoms with van der Waals surface area (Å²) in [5.41, 5.74) is 6.93. The van der Waals surface area contributed by atoms with E-state index in [2.05, 4.69) is 27.3 Å². The Labute approximate surface area is 207 Å². The molecule has 0 amide bonds. The topological polar surface area (TPSA) is 115 Å². The molecule has 1 fully saturated rings. The number of nitrogens with two attached hydrogens (primary N) is 1. The van der Waals surface area contributed by atoms with Gasteiger partial charge in [-0.15, -0.1) is 16.4 Å². The second-order valence-electron chi connectivity index (χ2n) is 8.37. The second kappa shape index (κ2) is 10.7. The van der Waals surface area contributed by atoms with E-state index in [1.54, 1.807) is 12.4 Å². The number of benzene rings is 1. The Morgan fingerprint density at radius 2 is 1.77 bits per heavy atom. The number of pyridine rings is 1. The van der Waals surface area contributed by atoms with Gasteiger partial charge in [0.05, 0.1) is 48.8 Å². The van der Waals surface area contributed by atoms with E-state index in [4.69, 9.17) is 29.1 Å². The highest BCUT2D eigenvalue weighted by Crippen LogP contribution is 2.49. The maximum Gasteiger partial charge on any atom is 0.313 e. The molecule has 184 valence electrons. The number of anilines is 1. The van der Waals surface area contributed by atoms with Crippen molar-refractivity contribution in [1.29, 1.82) is 0 Å². The Hall–Kier alpha value is -3.05. The molecular weight excluding hydrogens is 468 g/mol. The van der Waals surface area contributed by atoms with Gasteiger partial charge in [-0.3, -0.25) is 4.98 Å². The van der Waals surface area contributed by atoms with E-state index in [0.717, 1.165) is 33.6 Å². The molecule has 3 heterocycles. The average molecular weight is 497 g/mol. The van der Waals surface area contributed by atoms with Crippen LogP contribution in [0.4, 0.5) is 6.01 Å². The lowest BCUT2D eigenvalue weighted by Crippen LogP contribution is -2.18. The summed E-state index contributed by atoms with van der Waals surface area (Å²) in [5, 5.41) is 8.62. The molecule has 5 rings (SSSR count). The molecule has 0 atom stereocenters. The number of nitrogens with zero attached hydrogens (tertiary/aromatic N) is 3. The van der Waals surface area contributed by atoms with Crippen molar-refractivity contribution in [2.75, 3.05) is 45.4 Å². The maximum atomic E-state index is 6.18. The van der Waals surface area contributed by atoms with Crippen LogP contribution in [0.1, 0.15) is 25.3 Å². The van der Waals surface area contributed by atoms with Crippen LogP contribution in [0.2, 0.25) is 0 Å². The highest BCUT2D eigenvalue weighted by Gasteiger charge is 2.44. The number of fused-ring (bicyclic) bond motifs is 1. The number of hydrogen-bond acceptors (Lipinski definition) is 10. The highest BCUT2D eigenvalue weighted by atomic mass is 32.1. The van der Waals surface area contributed by atoms with E-state index in [1.807, 2.05) is 25.1 Å². The highest BCUT2D eigenvalue weighted by molar-refractivity contribution is 7.22. The summed E-state index contributed by atoms with van der Waals surface area (Å²) in [6, 6.07) is 10.2. The van der Waals surface area contributed by atoms with Gasteiger partial charge < -0.3 is 29.1 Å². The van der Waals surface area contributed by atoms with Crippen LogP contribution in [0.3, 0.4) is 0 Å². The van der Waals surface area contributed by atoms with Crippen molar-refractivity contribution >= 4 is 27.4 Å². The number of hydrogen-bond donors (Lipinski definition) is 1. The fourth-order valence-electron chi connectivity index (χ4n) is 3.88. The predicted octanol–water partition coefficient (Wildman–Crippen LogP) is 4.82. The van der Waals surface area contributed by atoms with Gasteiger partial charge in [-0.05, 0) is 43.5 Å². The lowest BCUT2D eigenvalue weighted by Gasteiger charge is -2.17. The number of thiophene rings is 1. The third-order valence-electron chi connectivity index (χ3n) is 5.94. The molecule has 0 unspecified atom stereocenters. The van der Waals surface area contributed by atoms with Crippen LogP contribution in [0.5, 0.6) is 11.5 Å². The molecule has 1 aliphatic rings. The van der Waals surface area contributed by atoms with Crippen LogP contribution >= 0.6 is 11.3 Å². The fraction of sp³-hybridized carbons (Fsp3) is 0.400. The van der Waals surface area contributed by atoms with Crippen molar-refractivity contribution in [1.82, 2.24) is 15.2 Å². The van der Waals surface area contributed by atoms with E-state index >= 15 is 0 Å². The fourth-order valence-corrected chi connectivity index (χ4v) is 4.84. The number of ether oxygens (including phenoxy) is 4. The van der Waals surface area contributed by atoms with Crippen LogP contribution in [0, 0.1) is 0 Å². The molecule has 0 bridgehead atoms. The summed E-state index contributed by atoms with van der Waals surface area (Å²) in [5.74, 6) is 1.80. The Bertz CT molecular complexity index is 1250. The molecule has 2 N–H and O–H groups in total. The van der Waals surface area contributed by atoms with E-state index in [-0.39, 0.29) is 11.4 Å². The number of rotatable bonds is 13. The van der Waals surface area contributed by atoms with Gasteiger partial charge in [0.25, 0.3) is 5.89 Å². The van der Waals surface area contributed by atoms with Gasteiger partial charge in [0, 0.05) is 23.6 Å². The standard InChI is InChI=1S/C25H28N4O5S/c1-2-30-9-10-31-11-12-32-16-25(7-8-25)17-3-5-18(6-4-17)33-20-14-27-15-22-19(20)13-21(35-22)23-28-29-24(26)34-23/h3-6,13-15H,2,7-12,16H2,1H3,(H2,26,29). The minimum atomic E-state index is 0.0387. The number of nitrogen functional groups attached to an aromatic ring is 1. The third kappa shape index (κ3) is 5.62. The zero-order valence-corrected chi connectivity index (χ0v) is 20.4. The molecule has 9 nitrogen and oxygen atoms in total. The molecule has 1 aliphatic carbocycles. The minimum absolute atomic E-state index is 0.0387. The Kier molecular flexibility index (Phi) is 7.24. The molecule has 0 aliphatic heterocycles. The predicted molar refractivity (Wildman–Crippen MR) is 133 cm³/mol. The molecule has 0 saturated heterocycles. The zero-order chi connectivity index (χ0) is 24.1. The van der Waals surface area contributed by atoms with Crippen LogP contribution in [-0.2, 0) is 19.6 Å². The van der Waals surface area contributed by atoms with Gasteiger partial charge in [0.15, 0.2) is 5.75 Å². The minimum Gasteiger partial charge on any atom is -0.455 e. The molecule has 4 aromatic rings. The molecular formula is C25H28N4O5S. The SMILES string of the molecule is CCOCCOCCOCC1(c2ccc(Oc3cncc4sc(-c5nnc(N)o5)cc34)cc2)CC1. The maximum absolute atomic E-state index is 6.18. The smallest absolute Gasteiger partial charge is 0.313 e. The first kappa shape index (κ1) is 23.7. The molecule has 1 aromatic carbocycles. The van der Waals surface area contributed by atoms with E-state index < -0.39 is 0 Å². The normalized spacial score (nSPS) is 14.4. The van der Waals surface area contributed by atoms with E-state index in [0.29, 0.717) is 51.3 Å². The summed E-state index contributed by atoms with van der Waals surface area (Å²) in [6.45, 7) is 5.79. The quantitative estimate of drug-likeness (QED) is 0.260. The first-order valence-corrected chi connectivity index (χ1v) is 12.5. The average Bonchev–Trinajstić information content (AvgIpc) is 3.31. The summed E-state index contributed by atoms with van der Waals surface area (Å²) in [7, 11) is 0. The van der Waals surface area contributed by atoms with Gasteiger partial charge in [0.2, 0.25) is 0 Å². The molecule has 10 heteroatoms. The van der Waals surface area contributed by atoms with E-state index in [1.165, 1.54) is 16.9 Å². The van der Waals surface area contributed by atoms with Crippen molar-refractivity contribution in [2.45, 2.75) is 25.2 Å². The second-order valence-corrected chi connectivity index (χ2v) is 9.46. The monoisotopic (exact) mass is 496 g/mol. The summed E-state index contributed by atoms with van der Waals surface area (Å²) >= 11 is 1.49. The van der Waals surface area contributed by atoms with Crippen LogP contribution < -0.4 is 10.5 Å². The van der Waals surface area contributed by atoms with Crippen LogP contribution in [0.25, 0.3) is 20.9 Å². The lowest BCUT2D eigenvalue weighted by molar-refractivity contribution is 0.0124. The largest absolute Gasteiger partial charge is 0.455 e. The summed E-state index contributed by atoms with van der Waals surface area (Å²) < 4.78 is 29.2. The molecule has 35 heavy (non-hydrogen) atoms. The summed E-state index contributed by atoms with van der Waals surface area (Å²) in [6.07, 6.45) is 5.75. The van der Waals surface area contributed by atoms with Gasteiger partial charge >= 0.3 is 6.01 Å². The first-order valence-electron chi connectivity index (χ1n) is 11.7. The van der Waals surface area contributed by atoms with Crippen molar-refractivity contribution < 1.29 is 23.4 Å². The van der Waals surface area contributed by atoms with Gasteiger partial charge in [-0.1, -0.05) is 17.2 Å². The summed E-state index contributed by atoms with van der Waals surface area (Å²) in [4.78, 5) is 5.13. The van der Waals surface area contributed by atoms with E-state index in [9.17, 15) is 0 Å². The van der Waals surface area contributed by atoms with Crippen LogP contribution in [0.15, 0.2) is 47.1 Å². The van der Waals surface area contributed by atoms with Crippen molar-refractivity contribution in [3.05, 3.63) is 48.3 Å². The van der Waals surface area contributed by atoms with Gasteiger partial charge in [-0.25, -0.2) is 0 Å². The Morgan fingerprint density at radius 1 is 1.00 bits per heavy atom. The lowest BCUT2D eigenvalue weighted by atomic mass is 9.97. The van der Waals surface area contributed by atoms with Gasteiger partial charge in [0.1, 0.15) is 5.75 Å². The Morgan fingerprint density at radius 3 is 2.49 bits per heavy atom. The zero-order valence-electron chi connectivity index (χ0n) is 19.6. The van der Waals surface area contributed by atoms with Crippen molar-refractivity contribution in [3.63, 3.8) is 0 Å². The number of aromatic nitrogens is 3. The molecule has 3 aromatic heterocycles. The van der Waals surface area contributed by atoms with Crippen molar-refractivity contribution in [3.8, 4) is 22.3 Å². The van der Waals surface area contributed by atoms with Crippen molar-refractivity contribution in [2.24, 2.45) is 0 Å². The Balaban J connectivity index is 1.19. The first-order chi connectivity index (χ1) is 17.2. The van der Waals surface area contributed by atoms with Crippen LogP contribution in [-0.4, -0.2) is 54.8 Å².